The zero-order chi connectivity index (χ0) is 14.9. The highest BCUT2D eigenvalue weighted by molar-refractivity contribution is 4.98. The fraction of sp³-hybridized carbons (Fsp3) is 1.00. The molecule has 4 heteroatoms. The van der Waals surface area contributed by atoms with E-state index in [9.17, 15) is 0 Å². The van der Waals surface area contributed by atoms with E-state index in [2.05, 4.69) is 27.7 Å². The van der Waals surface area contributed by atoms with Gasteiger partial charge < -0.3 is 0 Å². The Balaban J connectivity index is 1.64. The molecule has 2 saturated heterocycles. The van der Waals surface area contributed by atoms with E-state index in [1.807, 2.05) is 0 Å². The molecule has 2 aliphatic carbocycles. The van der Waals surface area contributed by atoms with Gasteiger partial charge in [-0.3, -0.25) is 18.9 Å². The maximum absolute atomic E-state index is 6.29. The van der Waals surface area contributed by atoms with Gasteiger partial charge in [0.25, 0.3) is 0 Å². The maximum Gasteiger partial charge on any atom is 0.414 e. The summed E-state index contributed by atoms with van der Waals surface area (Å²) in [4.78, 5) is 0. The minimum absolute atomic E-state index is 0.197. The molecule has 0 aromatic heterocycles. The summed E-state index contributed by atoms with van der Waals surface area (Å²) in [5, 5.41) is 0. The second-order valence-electron chi connectivity index (χ2n) is 8.30. The summed E-state index contributed by atoms with van der Waals surface area (Å²) in [6, 6.07) is 0. The highest BCUT2D eigenvalue weighted by atomic mass is 17.0. The third-order valence-electron chi connectivity index (χ3n) is 6.06. The molecule has 4 unspecified atom stereocenters. The molecule has 120 valence electrons. The summed E-state index contributed by atoms with van der Waals surface area (Å²) >= 11 is 0. The lowest BCUT2D eigenvalue weighted by molar-refractivity contribution is -0.594. The van der Waals surface area contributed by atoms with Gasteiger partial charge in [0, 0.05) is 11.8 Å². The molecule has 0 amide bonds. The van der Waals surface area contributed by atoms with Gasteiger partial charge in [-0.15, -0.1) is 0 Å². The topological polar surface area (TPSA) is 36.9 Å². The molecule has 0 aromatic carbocycles. The van der Waals surface area contributed by atoms with Crippen molar-refractivity contribution in [2.75, 3.05) is 0 Å². The van der Waals surface area contributed by atoms with Gasteiger partial charge in [0.1, 0.15) is 0 Å². The van der Waals surface area contributed by atoms with Crippen LogP contribution in [0.5, 0.6) is 0 Å². The summed E-state index contributed by atoms with van der Waals surface area (Å²) in [6.07, 6.45) is 6.02. The van der Waals surface area contributed by atoms with Crippen molar-refractivity contribution in [3.8, 4) is 0 Å². The van der Waals surface area contributed by atoms with E-state index in [4.69, 9.17) is 18.9 Å². The predicted octanol–water partition coefficient (Wildman–Crippen LogP) is 3.59. The van der Waals surface area contributed by atoms with Gasteiger partial charge >= 0.3 is 6.16 Å². The lowest BCUT2D eigenvalue weighted by Crippen LogP contribution is -2.66. The third kappa shape index (κ3) is 2.18. The zero-order valence-corrected chi connectivity index (χ0v) is 13.7. The van der Waals surface area contributed by atoms with Crippen LogP contribution in [0.25, 0.3) is 0 Å². The molecular formula is C17H28O4. The smallest absolute Gasteiger partial charge is 0.299 e. The van der Waals surface area contributed by atoms with Crippen LogP contribution in [0.3, 0.4) is 0 Å². The van der Waals surface area contributed by atoms with Crippen LogP contribution in [0, 0.1) is 11.8 Å². The molecule has 0 bridgehead atoms. The molecule has 0 radical (unpaired) electrons. The number of rotatable bonds is 0. The molecule has 21 heavy (non-hydrogen) atoms. The van der Waals surface area contributed by atoms with Crippen molar-refractivity contribution in [2.24, 2.45) is 11.8 Å². The molecule has 2 aliphatic heterocycles. The standard InChI is InChI=1S/C17H28O4/c1-15(2)11-7-5-9-13(11)18-17(20-15)19-14-10-6-8-12(14)16(3,4)21-17/h11-14H,5-10H2,1-4H3. The highest BCUT2D eigenvalue weighted by Gasteiger charge is 2.62. The normalized spacial score (nSPS) is 50.9. The molecule has 0 aromatic rings. The van der Waals surface area contributed by atoms with Crippen LogP contribution in [-0.4, -0.2) is 29.6 Å². The van der Waals surface area contributed by atoms with Crippen LogP contribution in [0.1, 0.15) is 66.2 Å². The molecule has 2 heterocycles. The largest absolute Gasteiger partial charge is 0.414 e. The number of fused-ring (bicyclic) bond motifs is 2. The van der Waals surface area contributed by atoms with Crippen molar-refractivity contribution in [3.63, 3.8) is 0 Å². The zero-order valence-electron chi connectivity index (χ0n) is 13.7. The second-order valence-corrected chi connectivity index (χ2v) is 8.30. The van der Waals surface area contributed by atoms with Crippen LogP contribution in [0.4, 0.5) is 0 Å². The summed E-state index contributed by atoms with van der Waals surface area (Å²) in [6.45, 7) is 8.61. The van der Waals surface area contributed by atoms with Gasteiger partial charge in [0.2, 0.25) is 0 Å². The van der Waals surface area contributed by atoms with E-state index in [0.717, 1.165) is 12.8 Å². The number of hydrogen-bond donors (Lipinski definition) is 0. The van der Waals surface area contributed by atoms with Crippen LogP contribution < -0.4 is 0 Å². The fourth-order valence-corrected chi connectivity index (χ4v) is 5.04. The molecule has 4 nitrogen and oxygen atoms in total. The minimum atomic E-state index is -1.29. The molecule has 4 aliphatic rings. The van der Waals surface area contributed by atoms with E-state index in [1.54, 1.807) is 0 Å². The lowest BCUT2D eigenvalue weighted by Gasteiger charge is -2.56. The van der Waals surface area contributed by atoms with Crippen molar-refractivity contribution in [2.45, 2.75) is 95.8 Å². The Hall–Kier alpha value is -0.160. The first kappa shape index (κ1) is 14.4. The van der Waals surface area contributed by atoms with Gasteiger partial charge in [-0.05, 0) is 53.4 Å². The van der Waals surface area contributed by atoms with Gasteiger partial charge in [0.05, 0.1) is 23.4 Å². The molecule has 4 fully saturated rings. The molecule has 2 saturated carbocycles. The molecule has 4 rings (SSSR count). The molecular weight excluding hydrogens is 268 g/mol. The number of ether oxygens (including phenoxy) is 4. The quantitative estimate of drug-likeness (QED) is 0.684. The van der Waals surface area contributed by atoms with Crippen molar-refractivity contribution < 1.29 is 18.9 Å². The molecule has 0 N–H and O–H groups in total. The summed E-state index contributed by atoms with van der Waals surface area (Å²) < 4.78 is 25.1. The Kier molecular flexibility index (Phi) is 3.05. The van der Waals surface area contributed by atoms with E-state index < -0.39 is 6.16 Å². The molecule has 4 atom stereocenters. The summed E-state index contributed by atoms with van der Waals surface area (Å²) in [5.74, 6) is 0.888. The lowest BCUT2D eigenvalue weighted by atomic mass is 9.85. The van der Waals surface area contributed by atoms with Crippen LogP contribution in [-0.2, 0) is 18.9 Å². The van der Waals surface area contributed by atoms with Crippen LogP contribution in [0.2, 0.25) is 0 Å². The minimum Gasteiger partial charge on any atom is -0.299 e. The SMILES string of the molecule is CC1(C)OC2(OC3CCCC31)OC1CCCC1C(C)(C)O2. The van der Waals surface area contributed by atoms with E-state index in [1.165, 1.54) is 25.7 Å². The third-order valence-corrected chi connectivity index (χ3v) is 6.06. The number of hydrogen-bond acceptors (Lipinski definition) is 4. The van der Waals surface area contributed by atoms with Crippen molar-refractivity contribution >= 4 is 0 Å². The van der Waals surface area contributed by atoms with E-state index in [0.29, 0.717) is 11.8 Å². The summed E-state index contributed by atoms with van der Waals surface area (Å²) in [5.41, 5.74) is -0.526. The predicted molar refractivity (Wildman–Crippen MR) is 77.5 cm³/mol. The highest BCUT2D eigenvalue weighted by Crippen LogP contribution is 2.53. The van der Waals surface area contributed by atoms with Crippen molar-refractivity contribution in [1.82, 2.24) is 0 Å². The molecule has 1 spiro atoms. The van der Waals surface area contributed by atoms with Crippen molar-refractivity contribution in [3.05, 3.63) is 0 Å². The Bertz CT molecular complexity index is 391. The average molecular weight is 296 g/mol. The van der Waals surface area contributed by atoms with Crippen molar-refractivity contribution in [1.29, 1.82) is 0 Å². The van der Waals surface area contributed by atoms with Gasteiger partial charge in [-0.1, -0.05) is 12.8 Å². The maximum atomic E-state index is 6.29. The van der Waals surface area contributed by atoms with Gasteiger partial charge in [-0.2, -0.15) is 0 Å². The van der Waals surface area contributed by atoms with Crippen LogP contribution in [0.15, 0.2) is 0 Å². The second kappa shape index (κ2) is 4.44. The average Bonchev–Trinajstić information content (AvgIpc) is 2.94. The first-order chi connectivity index (χ1) is 9.81. The van der Waals surface area contributed by atoms with Crippen LogP contribution >= 0.6 is 0 Å². The van der Waals surface area contributed by atoms with E-state index in [-0.39, 0.29) is 23.4 Å². The first-order valence-electron chi connectivity index (χ1n) is 8.57. The first-order valence-corrected chi connectivity index (χ1v) is 8.57. The fourth-order valence-electron chi connectivity index (χ4n) is 5.04. The van der Waals surface area contributed by atoms with Gasteiger partial charge in [0.15, 0.2) is 0 Å². The Labute approximate surface area is 127 Å². The van der Waals surface area contributed by atoms with Gasteiger partial charge in [-0.25, -0.2) is 0 Å². The Morgan fingerprint density at radius 2 is 1.10 bits per heavy atom. The Morgan fingerprint density at radius 1 is 0.667 bits per heavy atom. The monoisotopic (exact) mass is 296 g/mol. The Morgan fingerprint density at radius 3 is 1.52 bits per heavy atom. The van der Waals surface area contributed by atoms with E-state index >= 15 is 0 Å². The summed E-state index contributed by atoms with van der Waals surface area (Å²) in [7, 11) is 0.